The zero-order valence-electron chi connectivity index (χ0n) is 21.0. The standard InChI is InChI=1S/C28H32N4O3.2ClH/c1-30-12-14-32(15-13-30)28(34)22-6-2-4-20(16-22)23-7-3-5-21-17-25(35-26(21)23)27(33)29-24-18-31-10-8-19(24)9-11-31;;/h2-7,16-17,19,24H,8-15,18H2,1H3,(H,29,33);2*1H/t24-;;/m0../s1. The zero-order chi connectivity index (χ0) is 23.9. The highest BCUT2D eigenvalue weighted by atomic mass is 35.5. The number of likely N-dealkylation sites (N-methyl/N-ethyl adjacent to an activating group) is 1. The van der Waals surface area contributed by atoms with Crippen LogP contribution in [-0.4, -0.2) is 85.4 Å². The highest BCUT2D eigenvalue weighted by Crippen LogP contribution is 2.32. The third-order valence-corrected chi connectivity index (χ3v) is 7.95. The number of hydrogen-bond acceptors (Lipinski definition) is 5. The first-order valence-corrected chi connectivity index (χ1v) is 12.7. The molecule has 3 aromatic rings. The second-order valence-electron chi connectivity index (χ2n) is 10.2. The number of halogens is 2. The van der Waals surface area contributed by atoms with E-state index < -0.39 is 0 Å². The largest absolute Gasteiger partial charge is 0.450 e. The Balaban J connectivity index is 0.00000160. The lowest BCUT2D eigenvalue weighted by Gasteiger charge is -2.44. The summed E-state index contributed by atoms with van der Waals surface area (Å²) < 4.78 is 6.14. The van der Waals surface area contributed by atoms with E-state index >= 15 is 0 Å². The fourth-order valence-electron chi connectivity index (χ4n) is 5.78. The number of carbonyl (C=O) groups is 2. The fourth-order valence-corrected chi connectivity index (χ4v) is 5.78. The molecule has 2 aromatic carbocycles. The molecule has 4 fully saturated rings. The highest BCUT2D eigenvalue weighted by molar-refractivity contribution is 6.01. The van der Waals surface area contributed by atoms with Crippen LogP contribution in [0.5, 0.6) is 0 Å². The molecule has 9 heteroatoms. The van der Waals surface area contributed by atoms with Crippen molar-refractivity contribution in [1.29, 1.82) is 0 Å². The highest BCUT2D eigenvalue weighted by Gasteiger charge is 2.35. The van der Waals surface area contributed by atoms with Crippen LogP contribution in [0.1, 0.15) is 33.8 Å². The molecule has 198 valence electrons. The molecule has 1 N–H and O–H groups in total. The van der Waals surface area contributed by atoms with E-state index in [0.717, 1.165) is 75.2 Å². The number of benzene rings is 2. The molecule has 2 amide bonds. The number of rotatable bonds is 4. The Kier molecular flexibility index (Phi) is 8.49. The van der Waals surface area contributed by atoms with Gasteiger partial charge in [0.15, 0.2) is 5.76 Å². The summed E-state index contributed by atoms with van der Waals surface area (Å²) >= 11 is 0. The van der Waals surface area contributed by atoms with Gasteiger partial charge >= 0.3 is 0 Å². The smallest absolute Gasteiger partial charge is 0.287 e. The number of para-hydroxylation sites is 1. The number of fused-ring (bicyclic) bond motifs is 4. The number of nitrogens with one attached hydrogen (secondary N) is 1. The number of piperazine rings is 1. The summed E-state index contributed by atoms with van der Waals surface area (Å²) in [4.78, 5) is 32.8. The Morgan fingerprint density at radius 3 is 2.35 bits per heavy atom. The van der Waals surface area contributed by atoms with E-state index in [-0.39, 0.29) is 42.7 Å². The van der Waals surface area contributed by atoms with E-state index in [2.05, 4.69) is 22.2 Å². The molecule has 0 radical (unpaired) electrons. The van der Waals surface area contributed by atoms with Gasteiger partial charge in [-0.1, -0.05) is 30.3 Å². The van der Waals surface area contributed by atoms with E-state index in [1.807, 2.05) is 53.4 Å². The van der Waals surface area contributed by atoms with Crippen molar-refractivity contribution < 1.29 is 14.0 Å². The molecule has 1 aromatic heterocycles. The van der Waals surface area contributed by atoms with Gasteiger partial charge in [0.2, 0.25) is 0 Å². The molecule has 0 aliphatic carbocycles. The number of furan rings is 1. The normalized spacial score (nSPS) is 23.3. The lowest BCUT2D eigenvalue weighted by molar-refractivity contribution is 0.0606. The van der Waals surface area contributed by atoms with Gasteiger partial charge in [-0.05, 0) is 62.7 Å². The molecule has 37 heavy (non-hydrogen) atoms. The molecule has 7 rings (SSSR count). The van der Waals surface area contributed by atoms with Crippen LogP contribution >= 0.6 is 24.8 Å². The molecule has 4 aliphatic rings. The summed E-state index contributed by atoms with van der Waals surface area (Å²) in [6.45, 7) is 6.47. The molecule has 7 nitrogen and oxygen atoms in total. The second kappa shape index (κ2) is 11.4. The predicted molar refractivity (Wildman–Crippen MR) is 150 cm³/mol. The van der Waals surface area contributed by atoms with Crippen molar-refractivity contribution >= 4 is 47.6 Å². The number of amides is 2. The van der Waals surface area contributed by atoms with Gasteiger partial charge in [-0.15, -0.1) is 24.8 Å². The second-order valence-corrected chi connectivity index (χ2v) is 10.2. The molecule has 0 spiro atoms. The minimum atomic E-state index is -0.148. The minimum Gasteiger partial charge on any atom is -0.450 e. The maximum atomic E-state index is 13.1. The van der Waals surface area contributed by atoms with E-state index in [1.165, 1.54) is 0 Å². The first-order valence-electron chi connectivity index (χ1n) is 12.7. The minimum absolute atomic E-state index is 0. The van der Waals surface area contributed by atoms with Gasteiger partial charge in [-0.3, -0.25) is 9.59 Å². The Labute approximate surface area is 230 Å². The van der Waals surface area contributed by atoms with E-state index in [1.54, 1.807) is 0 Å². The van der Waals surface area contributed by atoms with Gasteiger partial charge in [-0.2, -0.15) is 0 Å². The summed E-state index contributed by atoms with van der Waals surface area (Å²) in [5.41, 5.74) is 3.15. The first-order chi connectivity index (χ1) is 17.0. The Morgan fingerprint density at radius 1 is 0.919 bits per heavy atom. The first kappa shape index (κ1) is 27.5. The van der Waals surface area contributed by atoms with E-state index in [0.29, 0.717) is 22.8 Å². The van der Waals surface area contributed by atoms with Crippen molar-refractivity contribution in [3.63, 3.8) is 0 Å². The topological polar surface area (TPSA) is 69.0 Å². The zero-order valence-corrected chi connectivity index (χ0v) is 22.7. The fraction of sp³-hybridized carbons (Fsp3) is 0.429. The van der Waals surface area contributed by atoms with Crippen LogP contribution in [0.3, 0.4) is 0 Å². The van der Waals surface area contributed by atoms with Gasteiger partial charge in [0.05, 0.1) is 0 Å². The molecular formula is C28H34Cl2N4O3. The van der Waals surface area contributed by atoms with Crippen molar-refractivity contribution in [2.45, 2.75) is 18.9 Å². The van der Waals surface area contributed by atoms with Crippen molar-refractivity contribution in [2.75, 3.05) is 52.9 Å². The van der Waals surface area contributed by atoms with Gasteiger partial charge in [0, 0.05) is 55.3 Å². The molecule has 4 aliphatic heterocycles. The summed E-state index contributed by atoms with van der Waals surface area (Å²) in [5, 5.41) is 4.11. The number of carbonyl (C=O) groups excluding carboxylic acids is 2. The van der Waals surface area contributed by atoms with Crippen LogP contribution in [0, 0.1) is 5.92 Å². The quantitative estimate of drug-likeness (QED) is 0.534. The van der Waals surface area contributed by atoms with Crippen LogP contribution in [-0.2, 0) is 0 Å². The molecule has 1 atom stereocenters. The Hall–Kier alpha value is -2.58. The van der Waals surface area contributed by atoms with Crippen molar-refractivity contribution in [3.05, 3.63) is 59.9 Å². The molecule has 2 bridgehead atoms. The van der Waals surface area contributed by atoms with Crippen LogP contribution < -0.4 is 5.32 Å². The molecule has 5 heterocycles. The number of hydrogen-bond donors (Lipinski definition) is 1. The lowest BCUT2D eigenvalue weighted by Crippen LogP contribution is -2.57. The maximum Gasteiger partial charge on any atom is 0.287 e. The van der Waals surface area contributed by atoms with Gasteiger partial charge in [0.1, 0.15) is 5.58 Å². The molecular weight excluding hydrogens is 511 g/mol. The maximum absolute atomic E-state index is 13.1. The summed E-state index contributed by atoms with van der Waals surface area (Å²) in [7, 11) is 2.08. The third kappa shape index (κ3) is 5.50. The van der Waals surface area contributed by atoms with Gasteiger partial charge in [-0.25, -0.2) is 0 Å². The summed E-state index contributed by atoms with van der Waals surface area (Å²) in [6, 6.07) is 15.7. The number of piperidine rings is 3. The van der Waals surface area contributed by atoms with Crippen molar-refractivity contribution in [2.24, 2.45) is 5.92 Å². The average Bonchev–Trinajstić information content (AvgIpc) is 3.34. The van der Waals surface area contributed by atoms with Crippen LogP contribution in [0.4, 0.5) is 0 Å². The van der Waals surface area contributed by atoms with Gasteiger partial charge < -0.3 is 24.4 Å². The lowest BCUT2D eigenvalue weighted by atomic mass is 9.84. The summed E-state index contributed by atoms with van der Waals surface area (Å²) in [6.07, 6.45) is 2.30. The Morgan fingerprint density at radius 2 is 1.65 bits per heavy atom. The number of nitrogens with zero attached hydrogens (tertiary/aromatic N) is 3. The van der Waals surface area contributed by atoms with Gasteiger partial charge in [0.25, 0.3) is 11.8 Å². The van der Waals surface area contributed by atoms with Crippen molar-refractivity contribution in [1.82, 2.24) is 20.0 Å². The van der Waals surface area contributed by atoms with E-state index in [4.69, 9.17) is 4.42 Å². The van der Waals surface area contributed by atoms with Crippen LogP contribution in [0.15, 0.2) is 52.9 Å². The summed E-state index contributed by atoms with van der Waals surface area (Å²) in [5.74, 6) is 0.812. The van der Waals surface area contributed by atoms with Crippen LogP contribution in [0.25, 0.3) is 22.1 Å². The van der Waals surface area contributed by atoms with Crippen molar-refractivity contribution in [3.8, 4) is 11.1 Å². The molecule has 0 saturated carbocycles. The van der Waals surface area contributed by atoms with E-state index in [9.17, 15) is 9.59 Å². The monoisotopic (exact) mass is 544 g/mol. The third-order valence-electron chi connectivity index (χ3n) is 7.95. The molecule has 0 unspecified atom stereocenters. The molecule has 4 saturated heterocycles. The Bertz CT molecular complexity index is 1260. The predicted octanol–water partition coefficient (Wildman–Crippen LogP) is 4.16. The SMILES string of the molecule is CN1CCN(C(=O)c2cccc(-c3cccc4cc(C(=O)N[C@H]5CN6CCC5CC6)oc34)c2)CC1.Cl.Cl. The average molecular weight is 546 g/mol. The van der Waals surface area contributed by atoms with Crippen LogP contribution in [0.2, 0.25) is 0 Å².